The lowest BCUT2D eigenvalue weighted by atomic mass is 9.90. The minimum absolute atomic E-state index is 0.118. The van der Waals surface area contributed by atoms with E-state index in [0.29, 0.717) is 87.8 Å². The maximum atomic E-state index is 13.7. The van der Waals surface area contributed by atoms with Crippen LogP contribution >= 0.6 is 0 Å². The highest BCUT2D eigenvalue weighted by Crippen LogP contribution is 2.42. The van der Waals surface area contributed by atoms with Gasteiger partial charge < -0.3 is 75.9 Å². The summed E-state index contributed by atoms with van der Waals surface area (Å²) in [7, 11) is 4.32. The molecule has 116 heavy (non-hydrogen) atoms. The number of aromatic nitrogens is 9. The number of rotatable bonds is 12. The number of morpholine rings is 3. The number of pyridine rings is 6. The topological polar surface area (TPSA) is 270 Å². The van der Waals surface area contributed by atoms with E-state index in [9.17, 15) is 27.6 Å². The van der Waals surface area contributed by atoms with Gasteiger partial charge in [-0.25, -0.2) is 43.1 Å². The highest BCUT2D eigenvalue weighted by atomic mass is 19.1. The SMILES string of the molecule is CN1CCO[C@@]2(CCCN(c3ccc(Nc4ccc(-c5cnc6cc(F)ccn56)c5c4C(=O)NC5)nc3)C2)C1.CN1CCO[C@]2(CCCN(c3ccc(Nc4ccc(-c5cnc6cc(F)ccn56)c5c4C(=O)NC5)nc3)C2)C1.O=C1NCc2c(-c3cnc4cc(F)ccn34)ccc(Nc3ccc(N4CCC[C@@]5(CNCCO5)C4)cn3)c21. The van der Waals surface area contributed by atoms with Gasteiger partial charge in [-0.3, -0.25) is 27.6 Å². The Bertz CT molecular complexity index is 5530. The van der Waals surface area contributed by atoms with Crippen molar-refractivity contribution in [2.75, 3.05) is 143 Å². The van der Waals surface area contributed by atoms with Crippen molar-refractivity contribution in [1.82, 2.24) is 74.2 Å². The maximum absolute atomic E-state index is 13.7. The van der Waals surface area contributed by atoms with Crippen molar-refractivity contribution in [3.8, 4) is 33.8 Å². The largest absolute Gasteiger partial charge is 0.371 e. The van der Waals surface area contributed by atoms with E-state index in [1.54, 1.807) is 37.2 Å². The van der Waals surface area contributed by atoms with E-state index in [1.165, 1.54) is 36.4 Å². The van der Waals surface area contributed by atoms with Gasteiger partial charge in [-0.2, -0.15) is 0 Å². The number of anilines is 9. The molecule has 12 aromatic rings. The van der Waals surface area contributed by atoms with Crippen LogP contribution in [0.1, 0.15) is 86.3 Å². The summed E-state index contributed by atoms with van der Waals surface area (Å²) in [4.78, 5) is 77.4. The number of benzene rings is 3. The number of amides is 3. The van der Waals surface area contributed by atoms with E-state index in [-0.39, 0.29) is 52.0 Å². The van der Waals surface area contributed by atoms with E-state index in [1.807, 2.05) is 86.4 Å². The monoisotopic (exact) mass is 1570 g/mol. The first-order valence-corrected chi connectivity index (χ1v) is 39.7. The number of nitrogens with zero attached hydrogens (tertiary/aromatic N) is 14. The second-order valence-electron chi connectivity index (χ2n) is 31.6. The van der Waals surface area contributed by atoms with Gasteiger partial charge in [0, 0.05) is 152 Å². The number of likely N-dealkylation sites (N-methyl/N-ethyl adjacent to an activating group) is 2. The van der Waals surface area contributed by atoms with Crippen LogP contribution in [-0.2, 0) is 33.8 Å². The van der Waals surface area contributed by atoms with Gasteiger partial charge in [0.15, 0.2) is 0 Å². The van der Waals surface area contributed by atoms with Gasteiger partial charge >= 0.3 is 0 Å². The summed E-state index contributed by atoms with van der Waals surface area (Å²) in [6.07, 6.45) is 22.2. The molecule has 0 saturated carbocycles. The van der Waals surface area contributed by atoms with Crippen molar-refractivity contribution < 1.29 is 41.8 Å². The fourth-order valence-corrected chi connectivity index (χ4v) is 18.4. The molecule has 21 rings (SSSR count). The van der Waals surface area contributed by atoms with Crippen LogP contribution in [0.15, 0.2) is 165 Å². The molecule has 7 N–H and O–H groups in total. The third-order valence-corrected chi connectivity index (χ3v) is 23.9. The average molecular weight is 1570 g/mol. The molecule has 0 aliphatic carbocycles. The lowest BCUT2D eigenvalue weighted by molar-refractivity contribution is -0.108. The normalized spacial score (nSPS) is 21.3. The number of halogens is 3. The second-order valence-corrected chi connectivity index (χ2v) is 31.6. The summed E-state index contributed by atoms with van der Waals surface area (Å²) in [6.45, 7) is 14.7. The number of carbonyl (C=O) groups excluding carboxylic acids is 3. The molecule has 0 radical (unpaired) electrons. The summed E-state index contributed by atoms with van der Waals surface area (Å²) in [5.41, 5.74) is 15.9. The van der Waals surface area contributed by atoms with E-state index >= 15 is 0 Å². The Morgan fingerprint density at radius 1 is 0.397 bits per heavy atom. The van der Waals surface area contributed by atoms with Crippen LogP contribution in [0.25, 0.3) is 50.7 Å². The van der Waals surface area contributed by atoms with Gasteiger partial charge in [-0.1, -0.05) is 18.2 Å². The number of nitrogens with one attached hydrogen (secondary N) is 7. The lowest BCUT2D eigenvalue weighted by Gasteiger charge is -2.47. The highest BCUT2D eigenvalue weighted by molar-refractivity contribution is 6.08. The summed E-state index contributed by atoms with van der Waals surface area (Å²) in [5.74, 6) is 0.566. The minimum atomic E-state index is -0.339. The molecule has 6 saturated heterocycles. The van der Waals surface area contributed by atoms with E-state index < -0.39 is 0 Å². The Morgan fingerprint density at radius 3 is 1.09 bits per heavy atom. The van der Waals surface area contributed by atoms with Crippen molar-refractivity contribution in [2.24, 2.45) is 0 Å². The summed E-state index contributed by atoms with van der Waals surface area (Å²) < 4.78 is 65.2. The molecule has 0 unspecified atom stereocenters. The summed E-state index contributed by atoms with van der Waals surface area (Å²) in [5, 5.41) is 22.3. The van der Waals surface area contributed by atoms with E-state index in [2.05, 4.69) is 124 Å². The predicted molar refractivity (Wildman–Crippen MR) is 436 cm³/mol. The van der Waals surface area contributed by atoms with Gasteiger partial charge in [0.05, 0.1) is 142 Å². The molecule has 3 amide bonds. The molecule has 0 bridgehead atoms. The van der Waals surface area contributed by atoms with Gasteiger partial charge in [0.1, 0.15) is 51.8 Å². The molecule has 594 valence electrons. The van der Waals surface area contributed by atoms with Crippen LogP contribution in [0.4, 0.5) is 64.7 Å². The number of piperidine rings is 3. The Balaban J connectivity index is 0.000000116. The molecule has 3 spiro atoms. The van der Waals surface area contributed by atoms with Crippen molar-refractivity contribution in [1.29, 1.82) is 0 Å². The molecular formula is C86H88F3N21O6. The van der Waals surface area contributed by atoms with Crippen molar-refractivity contribution in [3.05, 3.63) is 216 Å². The van der Waals surface area contributed by atoms with Gasteiger partial charge in [-0.05, 0) is 142 Å². The second kappa shape index (κ2) is 30.6. The first-order valence-electron chi connectivity index (χ1n) is 39.7. The summed E-state index contributed by atoms with van der Waals surface area (Å²) in [6, 6.07) is 32.0. The zero-order valence-electron chi connectivity index (χ0n) is 64.4. The standard InChI is InChI=1S/2C29H30FN7O2.C28H28FN7O2/c2*1-35-11-12-39-29(17-35)8-2-9-36(18-29)20-3-6-25(31-14-20)34-23-5-4-21(22-15-33-28(38)27(22)23)24-16-32-26-13-19(30)7-10-37(24)26;29-18-6-10-36-23(15-32-25(36)12-18)20-3-4-22(26-21(20)14-33-27(26)37)34-24-5-2-19(13-31-24)35-9-1-7-28(17-35)16-30-8-11-38-28/h2*3-7,10,13-14,16H,2,8-9,11-12,15,17-18H2,1H3,(H,31,34)(H,33,38);2-6,10,12-13,15,30H,1,7-9,11,14,16-17H2,(H,31,34)(H,33,37)/t2*29-;28-/m101/s1. The molecule has 30 heteroatoms. The summed E-state index contributed by atoms with van der Waals surface area (Å²) >= 11 is 0. The third-order valence-electron chi connectivity index (χ3n) is 23.9. The van der Waals surface area contributed by atoms with Gasteiger partial charge in [-0.15, -0.1) is 0 Å². The van der Waals surface area contributed by atoms with Crippen LogP contribution in [-0.4, -0.2) is 200 Å². The first-order chi connectivity index (χ1) is 56.5. The molecule has 6 fully saturated rings. The van der Waals surface area contributed by atoms with Crippen molar-refractivity contribution >= 4 is 86.2 Å². The third kappa shape index (κ3) is 14.5. The van der Waals surface area contributed by atoms with Crippen molar-refractivity contribution in [3.63, 3.8) is 0 Å². The number of fused-ring (bicyclic) bond motifs is 6. The first kappa shape index (κ1) is 74.1. The van der Waals surface area contributed by atoms with Crippen molar-refractivity contribution in [2.45, 2.75) is 75.0 Å². The quantitative estimate of drug-likeness (QED) is 0.0599. The Morgan fingerprint density at radius 2 is 0.750 bits per heavy atom. The Kier molecular flexibility index (Phi) is 19.5. The molecule has 27 nitrogen and oxygen atoms in total. The number of hydrogen-bond donors (Lipinski definition) is 7. The Labute approximate surface area is 666 Å². The zero-order valence-corrected chi connectivity index (χ0v) is 64.4. The lowest BCUT2D eigenvalue weighted by Crippen LogP contribution is -2.59. The van der Waals surface area contributed by atoms with E-state index in [0.717, 1.165) is 204 Å². The van der Waals surface area contributed by atoms with Crippen LogP contribution in [0.2, 0.25) is 0 Å². The molecule has 9 aliphatic rings. The predicted octanol–water partition coefficient (Wildman–Crippen LogP) is 11.1. The number of imidazole rings is 3. The zero-order chi connectivity index (χ0) is 78.8. The fraction of sp³-hybridized carbons (Fsp3) is 0.337. The number of ether oxygens (including phenoxy) is 3. The molecule has 9 aliphatic heterocycles. The van der Waals surface area contributed by atoms with E-state index in [4.69, 9.17) is 14.2 Å². The molecular weight excluding hydrogens is 1480 g/mol. The van der Waals surface area contributed by atoms with Crippen LogP contribution in [0, 0.1) is 17.5 Å². The number of carbonyl (C=O) groups is 3. The molecule has 18 heterocycles. The Hall–Kier alpha value is -12.1. The smallest absolute Gasteiger partial charge is 0.254 e. The van der Waals surface area contributed by atoms with Gasteiger partial charge in [0.2, 0.25) is 0 Å². The number of hydrogen-bond acceptors (Lipinski definition) is 21. The average Bonchev–Trinajstić information content (AvgIpc) is 1.61. The van der Waals surface area contributed by atoms with Crippen LogP contribution in [0.3, 0.4) is 0 Å². The van der Waals surface area contributed by atoms with Gasteiger partial charge in [0.25, 0.3) is 17.7 Å². The fourth-order valence-electron chi connectivity index (χ4n) is 18.4. The molecule has 9 aromatic heterocycles. The van der Waals surface area contributed by atoms with Crippen LogP contribution in [0.5, 0.6) is 0 Å². The molecule has 3 aromatic carbocycles. The highest BCUT2D eigenvalue weighted by Gasteiger charge is 2.43. The molecule has 3 atom stereocenters. The van der Waals surface area contributed by atoms with Crippen LogP contribution < -0.4 is 51.9 Å². The maximum Gasteiger partial charge on any atom is 0.254 e. The minimum Gasteiger partial charge on any atom is -0.371 e.